The van der Waals surface area contributed by atoms with E-state index in [2.05, 4.69) is 5.32 Å². The van der Waals surface area contributed by atoms with E-state index in [1.807, 2.05) is 12.1 Å². The number of hydrogen-bond acceptors (Lipinski definition) is 4. The third-order valence-corrected chi connectivity index (χ3v) is 3.39. The van der Waals surface area contributed by atoms with Crippen LogP contribution >= 0.6 is 0 Å². The van der Waals surface area contributed by atoms with Gasteiger partial charge in [-0.25, -0.2) is 0 Å². The minimum absolute atomic E-state index is 0.164. The Morgan fingerprint density at radius 3 is 2.20 bits per heavy atom. The van der Waals surface area contributed by atoms with Gasteiger partial charge in [0, 0.05) is 12.5 Å². The first kappa shape index (κ1) is 14.5. The molecule has 0 bridgehead atoms. The topological polar surface area (TPSA) is 56.8 Å². The van der Waals surface area contributed by atoms with Crippen molar-refractivity contribution in [1.29, 1.82) is 0 Å². The van der Waals surface area contributed by atoms with E-state index < -0.39 is 0 Å². The molecule has 2 rings (SSSR count). The number of benzene rings is 1. The normalized spacial score (nSPS) is 13.8. The highest BCUT2D eigenvalue weighted by Crippen LogP contribution is 2.38. The zero-order valence-electron chi connectivity index (χ0n) is 12.2. The molecular formula is C15H21NO4. The number of ether oxygens (including phenoxy) is 3. The fraction of sp³-hybridized carbons (Fsp3) is 0.533. The Hall–Kier alpha value is -1.91. The lowest BCUT2D eigenvalue weighted by Gasteiger charge is -2.14. The predicted molar refractivity (Wildman–Crippen MR) is 75.5 cm³/mol. The summed E-state index contributed by atoms with van der Waals surface area (Å²) < 4.78 is 15.9. The maximum Gasteiger partial charge on any atom is 0.223 e. The summed E-state index contributed by atoms with van der Waals surface area (Å²) in [6, 6.07) is 3.81. The molecule has 5 nitrogen and oxygen atoms in total. The van der Waals surface area contributed by atoms with Gasteiger partial charge in [-0.3, -0.25) is 4.79 Å². The molecular weight excluding hydrogens is 258 g/mol. The number of carbonyl (C=O) groups excluding carboxylic acids is 1. The lowest BCUT2D eigenvalue weighted by molar-refractivity contribution is -0.122. The number of methoxy groups -OCH3 is 3. The van der Waals surface area contributed by atoms with Crippen LogP contribution in [0, 0.1) is 5.92 Å². The van der Waals surface area contributed by atoms with Gasteiger partial charge in [0.25, 0.3) is 0 Å². The molecule has 0 saturated heterocycles. The molecule has 20 heavy (non-hydrogen) atoms. The van der Waals surface area contributed by atoms with Gasteiger partial charge in [0.1, 0.15) is 0 Å². The van der Waals surface area contributed by atoms with Gasteiger partial charge in [0.05, 0.1) is 21.3 Å². The van der Waals surface area contributed by atoms with E-state index in [0.29, 0.717) is 23.8 Å². The third kappa shape index (κ3) is 3.35. The zero-order chi connectivity index (χ0) is 14.5. The average molecular weight is 279 g/mol. The van der Waals surface area contributed by atoms with Gasteiger partial charge in [-0.05, 0) is 37.0 Å². The summed E-state index contributed by atoms with van der Waals surface area (Å²) in [7, 11) is 4.77. The van der Waals surface area contributed by atoms with E-state index in [9.17, 15) is 4.79 Å². The molecule has 1 N–H and O–H groups in total. The number of hydrogen-bond donors (Lipinski definition) is 1. The van der Waals surface area contributed by atoms with Crippen LogP contribution in [-0.4, -0.2) is 33.8 Å². The number of amides is 1. The van der Waals surface area contributed by atoms with Crippen molar-refractivity contribution in [2.45, 2.75) is 19.3 Å². The Morgan fingerprint density at radius 1 is 1.15 bits per heavy atom. The van der Waals surface area contributed by atoms with E-state index >= 15 is 0 Å². The Labute approximate surface area is 119 Å². The van der Waals surface area contributed by atoms with Crippen molar-refractivity contribution in [2.75, 3.05) is 27.9 Å². The molecule has 0 aromatic heterocycles. The highest BCUT2D eigenvalue weighted by molar-refractivity contribution is 5.80. The van der Waals surface area contributed by atoms with Crippen LogP contribution in [0.25, 0.3) is 0 Å². The maximum atomic E-state index is 11.6. The van der Waals surface area contributed by atoms with Gasteiger partial charge in [-0.1, -0.05) is 0 Å². The molecule has 0 heterocycles. The second-order valence-electron chi connectivity index (χ2n) is 4.85. The lowest BCUT2D eigenvalue weighted by atomic mass is 10.1. The first-order valence-corrected chi connectivity index (χ1v) is 6.76. The van der Waals surface area contributed by atoms with E-state index in [4.69, 9.17) is 14.2 Å². The van der Waals surface area contributed by atoms with Crippen LogP contribution in [0.4, 0.5) is 0 Å². The molecule has 1 aromatic carbocycles. The van der Waals surface area contributed by atoms with Gasteiger partial charge < -0.3 is 19.5 Å². The third-order valence-electron chi connectivity index (χ3n) is 3.39. The molecule has 1 aliphatic carbocycles. The Morgan fingerprint density at radius 2 is 1.75 bits per heavy atom. The Balaban J connectivity index is 2.01. The largest absolute Gasteiger partial charge is 0.493 e. The number of rotatable bonds is 7. The van der Waals surface area contributed by atoms with Gasteiger partial charge in [-0.2, -0.15) is 0 Å². The highest BCUT2D eigenvalue weighted by Gasteiger charge is 2.29. The van der Waals surface area contributed by atoms with Gasteiger partial charge in [-0.15, -0.1) is 0 Å². The summed E-state index contributed by atoms with van der Waals surface area (Å²) in [5.74, 6) is 2.26. The Bertz CT molecular complexity index is 458. The summed E-state index contributed by atoms with van der Waals surface area (Å²) in [5.41, 5.74) is 1.04. The van der Waals surface area contributed by atoms with Crippen LogP contribution in [0.1, 0.15) is 18.4 Å². The molecule has 110 valence electrons. The molecule has 1 amide bonds. The van der Waals surface area contributed by atoms with Crippen molar-refractivity contribution in [3.63, 3.8) is 0 Å². The molecule has 1 fully saturated rings. The molecule has 0 radical (unpaired) electrons. The minimum Gasteiger partial charge on any atom is -0.493 e. The molecule has 0 aliphatic heterocycles. The summed E-state index contributed by atoms with van der Waals surface area (Å²) >= 11 is 0. The first-order valence-electron chi connectivity index (χ1n) is 6.76. The zero-order valence-corrected chi connectivity index (χ0v) is 12.2. The number of nitrogens with one attached hydrogen (secondary N) is 1. The Kier molecular flexibility index (Phi) is 4.71. The molecule has 1 aliphatic rings. The van der Waals surface area contributed by atoms with Crippen molar-refractivity contribution in [1.82, 2.24) is 5.32 Å². The summed E-state index contributed by atoms with van der Waals surface area (Å²) in [6.45, 7) is 0.619. The summed E-state index contributed by atoms with van der Waals surface area (Å²) in [4.78, 5) is 11.6. The summed E-state index contributed by atoms with van der Waals surface area (Å²) in [5, 5.41) is 2.94. The molecule has 0 unspecified atom stereocenters. The van der Waals surface area contributed by atoms with E-state index in [1.54, 1.807) is 21.3 Å². The van der Waals surface area contributed by atoms with Crippen molar-refractivity contribution >= 4 is 5.91 Å². The van der Waals surface area contributed by atoms with E-state index in [0.717, 1.165) is 24.8 Å². The fourth-order valence-corrected chi connectivity index (χ4v) is 2.10. The molecule has 0 atom stereocenters. The average Bonchev–Trinajstić information content (AvgIpc) is 3.30. The fourth-order valence-electron chi connectivity index (χ4n) is 2.10. The quantitative estimate of drug-likeness (QED) is 0.826. The molecule has 1 aromatic rings. The van der Waals surface area contributed by atoms with Crippen LogP contribution < -0.4 is 19.5 Å². The standard InChI is InChI=1S/C15H21NO4/c1-18-12-8-10(9-13(19-2)14(12)20-3)6-7-16-15(17)11-4-5-11/h8-9,11H,4-7H2,1-3H3,(H,16,17). The highest BCUT2D eigenvalue weighted by atomic mass is 16.5. The van der Waals surface area contributed by atoms with Crippen molar-refractivity contribution in [3.05, 3.63) is 17.7 Å². The van der Waals surface area contributed by atoms with Crippen molar-refractivity contribution < 1.29 is 19.0 Å². The monoisotopic (exact) mass is 279 g/mol. The van der Waals surface area contributed by atoms with Gasteiger partial charge in [0.15, 0.2) is 11.5 Å². The first-order chi connectivity index (χ1) is 9.69. The van der Waals surface area contributed by atoms with Crippen LogP contribution in [0.5, 0.6) is 17.2 Å². The second-order valence-corrected chi connectivity index (χ2v) is 4.85. The maximum absolute atomic E-state index is 11.6. The minimum atomic E-state index is 0.164. The SMILES string of the molecule is COc1cc(CCNC(=O)C2CC2)cc(OC)c1OC. The van der Waals surface area contributed by atoms with Crippen LogP contribution in [0.15, 0.2) is 12.1 Å². The van der Waals surface area contributed by atoms with Crippen LogP contribution in [0.3, 0.4) is 0 Å². The smallest absolute Gasteiger partial charge is 0.223 e. The molecule has 0 spiro atoms. The van der Waals surface area contributed by atoms with Gasteiger partial charge >= 0.3 is 0 Å². The van der Waals surface area contributed by atoms with Crippen LogP contribution in [-0.2, 0) is 11.2 Å². The van der Waals surface area contributed by atoms with Crippen molar-refractivity contribution in [3.8, 4) is 17.2 Å². The lowest BCUT2D eigenvalue weighted by Crippen LogP contribution is -2.26. The predicted octanol–water partition coefficient (Wildman–Crippen LogP) is 1.78. The van der Waals surface area contributed by atoms with Gasteiger partial charge in [0.2, 0.25) is 11.7 Å². The van der Waals surface area contributed by atoms with Crippen LogP contribution in [0.2, 0.25) is 0 Å². The van der Waals surface area contributed by atoms with Crippen molar-refractivity contribution in [2.24, 2.45) is 5.92 Å². The number of carbonyl (C=O) groups is 1. The molecule has 1 saturated carbocycles. The van der Waals surface area contributed by atoms with E-state index in [-0.39, 0.29) is 11.8 Å². The molecule has 5 heteroatoms. The van der Waals surface area contributed by atoms with E-state index in [1.165, 1.54) is 0 Å². The summed E-state index contributed by atoms with van der Waals surface area (Å²) in [6.07, 6.45) is 2.78. The second kappa shape index (κ2) is 6.50.